The number of rotatable bonds is 9. The molecule has 1 aromatic carbocycles. The van der Waals surface area contributed by atoms with Gasteiger partial charge in [0.15, 0.2) is 6.10 Å². The Morgan fingerprint density at radius 2 is 1.91 bits per heavy atom. The SMILES string of the molecule is COCCNC(=O)[C@@H](C)OC(=O)Cc1ccc(OC)cc1OC. The average Bonchev–Trinajstić information content (AvgIpc) is 2.55. The van der Waals surface area contributed by atoms with Crippen LogP contribution in [0.5, 0.6) is 11.5 Å². The molecule has 0 fully saturated rings. The summed E-state index contributed by atoms with van der Waals surface area (Å²) < 4.78 is 20.3. The zero-order valence-electron chi connectivity index (χ0n) is 13.9. The van der Waals surface area contributed by atoms with E-state index in [1.807, 2.05) is 0 Å². The summed E-state index contributed by atoms with van der Waals surface area (Å²) in [4.78, 5) is 23.7. The van der Waals surface area contributed by atoms with Gasteiger partial charge in [0.1, 0.15) is 11.5 Å². The quantitative estimate of drug-likeness (QED) is 0.537. The molecule has 0 aliphatic rings. The zero-order valence-corrected chi connectivity index (χ0v) is 13.9. The summed E-state index contributed by atoms with van der Waals surface area (Å²) in [5, 5.41) is 2.61. The Kier molecular flexibility index (Phi) is 7.90. The Morgan fingerprint density at radius 1 is 1.17 bits per heavy atom. The van der Waals surface area contributed by atoms with Crippen LogP contribution in [-0.2, 0) is 25.5 Å². The first-order valence-corrected chi connectivity index (χ1v) is 7.18. The van der Waals surface area contributed by atoms with E-state index in [0.717, 1.165) is 0 Å². The lowest BCUT2D eigenvalue weighted by Gasteiger charge is -2.14. The van der Waals surface area contributed by atoms with E-state index in [-0.39, 0.29) is 12.3 Å². The lowest BCUT2D eigenvalue weighted by molar-refractivity contribution is -0.154. The van der Waals surface area contributed by atoms with Crippen molar-refractivity contribution in [3.63, 3.8) is 0 Å². The second kappa shape index (κ2) is 9.68. The van der Waals surface area contributed by atoms with Crippen molar-refractivity contribution >= 4 is 11.9 Å². The van der Waals surface area contributed by atoms with Gasteiger partial charge in [-0.2, -0.15) is 0 Å². The summed E-state index contributed by atoms with van der Waals surface area (Å²) in [6, 6.07) is 5.14. The van der Waals surface area contributed by atoms with Gasteiger partial charge in [-0.3, -0.25) is 9.59 Å². The van der Waals surface area contributed by atoms with Crippen molar-refractivity contribution in [3.05, 3.63) is 23.8 Å². The third-order valence-corrected chi connectivity index (χ3v) is 3.11. The molecule has 1 N–H and O–H groups in total. The van der Waals surface area contributed by atoms with Gasteiger partial charge in [0, 0.05) is 25.3 Å². The molecule has 0 saturated carbocycles. The van der Waals surface area contributed by atoms with Crippen LogP contribution < -0.4 is 14.8 Å². The number of benzene rings is 1. The fourth-order valence-electron chi connectivity index (χ4n) is 1.87. The molecule has 0 radical (unpaired) electrons. The molecule has 128 valence electrons. The Labute approximate surface area is 135 Å². The molecule has 1 rings (SSSR count). The number of amides is 1. The Balaban J connectivity index is 2.57. The second-order valence-corrected chi connectivity index (χ2v) is 4.77. The monoisotopic (exact) mass is 325 g/mol. The maximum atomic E-state index is 12.0. The van der Waals surface area contributed by atoms with Crippen LogP contribution in [0.25, 0.3) is 0 Å². The minimum atomic E-state index is -0.872. The number of nitrogens with one attached hydrogen (secondary N) is 1. The lowest BCUT2D eigenvalue weighted by atomic mass is 10.1. The van der Waals surface area contributed by atoms with Gasteiger partial charge in [-0.1, -0.05) is 6.07 Å². The van der Waals surface area contributed by atoms with E-state index in [1.165, 1.54) is 21.1 Å². The number of carbonyl (C=O) groups is 2. The third-order valence-electron chi connectivity index (χ3n) is 3.11. The highest BCUT2D eigenvalue weighted by Crippen LogP contribution is 2.25. The van der Waals surface area contributed by atoms with Gasteiger partial charge in [-0.15, -0.1) is 0 Å². The van der Waals surface area contributed by atoms with Crippen molar-refractivity contribution in [2.24, 2.45) is 0 Å². The molecule has 0 aliphatic carbocycles. The van der Waals surface area contributed by atoms with Crippen LogP contribution in [-0.4, -0.2) is 52.5 Å². The third kappa shape index (κ3) is 6.15. The van der Waals surface area contributed by atoms with Crippen LogP contribution in [0.2, 0.25) is 0 Å². The standard InChI is InChI=1S/C16H23NO6/c1-11(16(19)17-7-8-20-2)23-15(18)9-12-5-6-13(21-3)10-14(12)22-4/h5-6,10-11H,7-9H2,1-4H3,(H,17,19)/t11-/m1/s1. The Hall–Kier alpha value is -2.28. The molecule has 7 heteroatoms. The number of carbonyl (C=O) groups excluding carboxylic acids is 2. The Bertz CT molecular complexity index is 531. The first-order chi connectivity index (χ1) is 11.0. The summed E-state index contributed by atoms with van der Waals surface area (Å²) in [6.07, 6.45) is -0.869. The second-order valence-electron chi connectivity index (χ2n) is 4.77. The van der Waals surface area contributed by atoms with Gasteiger partial charge in [0.05, 0.1) is 27.2 Å². The van der Waals surface area contributed by atoms with Gasteiger partial charge in [0.2, 0.25) is 0 Å². The summed E-state index contributed by atoms with van der Waals surface area (Å²) >= 11 is 0. The molecule has 0 saturated heterocycles. The van der Waals surface area contributed by atoms with E-state index in [9.17, 15) is 9.59 Å². The van der Waals surface area contributed by atoms with Crippen LogP contribution in [0.15, 0.2) is 18.2 Å². The van der Waals surface area contributed by atoms with Crippen LogP contribution in [0.1, 0.15) is 12.5 Å². The van der Waals surface area contributed by atoms with Gasteiger partial charge >= 0.3 is 5.97 Å². The number of hydrogen-bond acceptors (Lipinski definition) is 6. The molecule has 0 spiro atoms. The van der Waals surface area contributed by atoms with Crippen molar-refractivity contribution in [1.29, 1.82) is 0 Å². The first kappa shape index (κ1) is 18.8. The van der Waals surface area contributed by atoms with Crippen molar-refractivity contribution in [3.8, 4) is 11.5 Å². The maximum absolute atomic E-state index is 12.0. The molecular formula is C16H23NO6. The minimum Gasteiger partial charge on any atom is -0.497 e. The van der Waals surface area contributed by atoms with Gasteiger partial charge < -0.3 is 24.3 Å². The topological polar surface area (TPSA) is 83.1 Å². The maximum Gasteiger partial charge on any atom is 0.311 e. The number of methoxy groups -OCH3 is 3. The van der Waals surface area contributed by atoms with Crippen molar-refractivity contribution in [2.75, 3.05) is 34.5 Å². The highest BCUT2D eigenvalue weighted by atomic mass is 16.5. The van der Waals surface area contributed by atoms with Crippen molar-refractivity contribution < 1.29 is 28.5 Å². The molecule has 1 aromatic rings. The summed E-state index contributed by atoms with van der Waals surface area (Å²) in [5.41, 5.74) is 0.658. The lowest BCUT2D eigenvalue weighted by Crippen LogP contribution is -2.37. The molecule has 23 heavy (non-hydrogen) atoms. The molecule has 0 aliphatic heterocycles. The molecule has 0 heterocycles. The highest BCUT2D eigenvalue weighted by Gasteiger charge is 2.18. The molecule has 1 atom stereocenters. The predicted molar refractivity (Wildman–Crippen MR) is 83.7 cm³/mol. The van der Waals surface area contributed by atoms with E-state index >= 15 is 0 Å². The van der Waals surface area contributed by atoms with E-state index in [4.69, 9.17) is 18.9 Å². The molecule has 7 nitrogen and oxygen atoms in total. The van der Waals surface area contributed by atoms with Crippen molar-refractivity contribution in [1.82, 2.24) is 5.32 Å². The van der Waals surface area contributed by atoms with E-state index in [2.05, 4.69) is 5.32 Å². The van der Waals surface area contributed by atoms with Crippen LogP contribution in [0.4, 0.5) is 0 Å². The summed E-state index contributed by atoms with van der Waals surface area (Å²) in [5.74, 6) is 0.281. The number of hydrogen-bond donors (Lipinski definition) is 1. The fraction of sp³-hybridized carbons (Fsp3) is 0.500. The van der Waals surface area contributed by atoms with Crippen molar-refractivity contribution in [2.45, 2.75) is 19.4 Å². The van der Waals surface area contributed by atoms with Gasteiger partial charge in [0.25, 0.3) is 5.91 Å². The van der Waals surface area contributed by atoms with Crippen LogP contribution in [0, 0.1) is 0 Å². The largest absolute Gasteiger partial charge is 0.497 e. The Morgan fingerprint density at radius 3 is 2.52 bits per heavy atom. The van der Waals surface area contributed by atoms with E-state index in [0.29, 0.717) is 30.2 Å². The number of esters is 1. The molecule has 1 amide bonds. The average molecular weight is 325 g/mol. The highest BCUT2D eigenvalue weighted by molar-refractivity contribution is 5.84. The number of ether oxygens (including phenoxy) is 4. The van der Waals surface area contributed by atoms with E-state index in [1.54, 1.807) is 25.3 Å². The van der Waals surface area contributed by atoms with Crippen LogP contribution in [0.3, 0.4) is 0 Å². The summed E-state index contributed by atoms with van der Waals surface area (Å²) in [7, 11) is 4.60. The van der Waals surface area contributed by atoms with Gasteiger partial charge in [-0.25, -0.2) is 0 Å². The summed E-state index contributed by atoms with van der Waals surface area (Å²) in [6.45, 7) is 2.28. The fourth-order valence-corrected chi connectivity index (χ4v) is 1.87. The smallest absolute Gasteiger partial charge is 0.311 e. The van der Waals surface area contributed by atoms with Crippen LogP contribution >= 0.6 is 0 Å². The van der Waals surface area contributed by atoms with E-state index < -0.39 is 12.1 Å². The molecule has 0 unspecified atom stereocenters. The molecule has 0 aromatic heterocycles. The molecule has 0 bridgehead atoms. The minimum absolute atomic E-state index is 0.00284. The molecular weight excluding hydrogens is 302 g/mol. The van der Waals surface area contributed by atoms with Gasteiger partial charge in [-0.05, 0) is 13.0 Å². The zero-order chi connectivity index (χ0) is 17.2. The normalized spacial score (nSPS) is 11.5. The first-order valence-electron chi connectivity index (χ1n) is 7.18. The predicted octanol–water partition coefficient (Wildman–Crippen LogP) is 0.941.